The van der Waals surface area contributed by atoms with Gasteiger partial charge in [-0.25, -0.2) is 0 Å². The molecule has 7 heteroatoms. The predicted molar refractivity (Wildman–Crippen MR) is 113 cm³/mol. The summed E-state index contributed by atoms with van der Waals surface area (Å²) < 4.78 is 6.31. The number of hydrogen-bond acceptors (Lipinski definition) is 6. The molecule has 2 aliphatic carbocycles. The van der Waals surface area contributed by atoms with Gasteiger partial charge in [0.25, 0.3) is 0 Å². The molecule has 2 aromatic rings. The number of nitrogen functional groups attached to an aromatic ring is 1. The van der Waals surface area contributed by atoms with Crippen LogP contribution in [0.4, 0.5) is 5.69 Å². The number of anilines is 1. The van der Waals surface area contributed by atoms with E-state index >= 15 is 0 Å². The van der Waals surface area contributed by atoms with Crippen molar-refractivity contribution in [2.24, 2.45) is 5.92 Å². The highest BCUT2D eigenvalue weighted by Gasteiger charge is 2.28. The van der Waals surface area contributed by atoms with Gasteiger partial charge in [0.2, 0.25) is 5.91 Å². The smallest absolute Gasteiger partial charge is 0.373 e. The van der Waals surface area contributed by atoms with Gasteiger partial charge in [0, 0.05) is 23.3 Å². The van der Waals surface area contributed by atoms with E-state index in [-0.39, 0.29) is 24.1 Å². The van der Waals surface area contributed by atoms with Gasteiger partial charge in [0.1, 0.15) is 5.75 Å². The number of carbonyl (C=O) groups excluding carboxylic acids is 3. The summed E-state index contributed by atoms with van der Waals surface area (Å²) in [6.45, 7) is 1.95. The fourth-order valence-corrected chi connectivity index (χ4v) is 4.53. The molecule has 2 aliphatic rings. The number of nitrogens with two attached hydrogens (primary N) is 1. The first-order valence-corrected chi connectivity index (χ1v) is 10.6. The van der Waals surface area contributed by atoms with Crippen LogP contribution in [0.2, 0.25) is 0 Å². The van der Waals surface area contributed by atoms with E-state index in [2.05, 4.69) is 10.3 Å². The maximum absolute atomic E-state index is 12.3. The summed E-state index contributed by atoms with van der Waals surface area (Å²) >= 11 is 0. The summed E-state index contributed by atoms with van der Waals surface area (Å²) in [6.07, 6.45) is 8.76. The van der Waals surface area contributed by atoms with E-state index < -0.39 is 0 Å². The molecule has 0 saturated heterocycles. The van der Waals surface area contributed by atoms with Gasteiger partial charge in [-0.15, -0.1) is 0 Å². The monoisotopic (exact) mass is 411 g/mol. The minimum absolute atomic E-state index is 0.163. The second-order valence-corrected chi connectivity index (χ2v) is 8.17. The van der Waals surface area contributed by atoms with Gasteiger partial charge >= 0.3 is 6.15 Å². The number of amides is 1. The van der Waals surface area contributed by atoms with Crippen LogP contribution in [0.25, 0.3) is 10.9 Å². The number of hydrogen-bond donors (Lipinski definition) is 2. The van der Waals surface area contributed by atoms with Crippen LogP contribution in [0.15, 0.2) is 24.3 Å². The third-order valence-corrected chi connectivity index (χ3v) is 5.99. The molecule has 1 heterocycles. The number of aromatic nitrogens is 1. The number of ether oxygens (including phenoxy) is 1. The molecular weight excluding hydrogens is 382 g/mol. The van der Waals surface area contributed by atoms with Crippen molar-refractivity contribution >= 4 is 28.6 Å². The van der Waals surface area contributed by atoms with Gasteiger partial charge in [-0.2, -0.15) is 9.59 Å². The molecule has 4 rings (SSSR count). The Kier molecular flexibility index (Phi) is 7.41. The minimum atomic E-state index is 0.163. The molecule has 0 atom stereocenters. The molecule has 0 aliphatic heterocycles. The van der Waals surface area contributed by atoms with E-state index in [1.807, 2.05) is 31.2 Å². The Morgan fingerprint density at radius 3 is 2.47 bits per heavy atom. The maximum Gasteiger partial charge on any atom is 0.373 e. The minimum Gasteiger partial charge on any atom is -0.490 e. The number of aryl methyl sites for hydroxylation is 1. The first kappa shape index (κ1) is 21.8. The zero-order chi connectivity index (χ0) is 21.5. The van der Waals surface area contributed by atoms with Crippen molar-refractivity contribution in [3.05, 3.63) is 30.0 Å². The van der Waals surface area contributed by atoms with E-state index in [9.17, 15) is 4.79 Å². The summed E-state index contributed by atoms with van der Waals surface area (Å²) in [5.74, 6) is 1.32. The highest BCUT2D eigenvalue weighted by atomic mass is 16.5. The quantitative estimate of drug-likeness (QED) is 0.796. The summed E-state index contributed by atoms with van der Waals surface area (Å²) in [7, 11) is 0. The SMILES string of the molecule is Cc1cc(N)c2c(OC3CCC(NC(=O)C4CCCC4)CC3)cccc2n1.O=C=O. The van der Waals surface area contributed by atoms with Crippen LogP contribution < -0.4 is 15.8 Å². The van der Waals surface area contributed by atoms with Crippen LogP contribution >= 0.6 is 0 Å². The van der Waals surface area contributed by atoms with E-state index in [0.29, 0.717) is 11.7 Å². The van der Waals surface area contributed by atoms with Crippen molar-refractivity contribution in [3.8, 4) is 5.75 Å². The average molecular weight is 412 g/mol. The second-order valence-electron chi connectivity index (χ2n) is 8.17. The standard InChI is InChI=1S/C22H29N3O2.CO2/c1-14-13-18(23)21-19(24-14)7-4-8-20(21)27-17-11-9-16(10-12-17)25-22(26)15-5-2-3-6-15;2-1-3/h4,7-8,13,15-17H,2-3,5-6,9-12H2,1H3,(H2,23,24)(H,25,26);. The third kappa shape index (κ3) is 5.36. The molecule has 1 aromatic heterocycles. The maximum atomic E-state index is 12.3. The number of pyridine rings is 1. The highest BCUT2D eigenvalue weighted by Crippen LogP contribution is 2.33. The molecule has 0 unspecified atom stereocenters. The summed E-state index contributed by atoms with van der Waals surface area (Å²) in [5.41, 5.74) is 8.74. The predicted octanol–water partition coefficient (Wildman–Crippen LogP) is 3.54. The molecular formula is C23H29N3O4. The molecule has 1 aromatic carbocycles. The topological polar surface area (TPSA) is 111 Å². The Balaban J connectivity index is 0.000000806. The molecule has 0 spiro atoms. The Hall–Kier alpha value is -2.92. The molecule has 1 amide bonds. The van der Waals surface area contributed by atoms with Crippen LogP contribution in [0, 0.1) is 12.8 Å². The molecule has 2 fully saturated rings. The molecule has 0 radical (unpaired) electrons. The molecule has 2 saturated carbocycles. The summed E-state index contributed by atoms with van der Waals surface area (Å²) in [5, 5.41) is 4.17. The van der Waals surface area contributed by atoms with Crippen molar-refractivity contribution < 1.29 is 19.1 Å². The van der Waals surface area contributed by atoms with Crippen molar-refractivity contribution in [3.63, 3.8) is 0 Å². The molecule has 0 bridgehead atoms. The van der Waals surface area contributed by atoms with Crippen LogP contribution in [0.3, 0.4) is 0 Å². The Morgan fingerprint density at radius 1 is 1.13 bits per heavy atom. The Labute approximate surface area is 176 Å². The Morgan fingerprint density at radius 2 is 1.80 bits per heavy atom. The van der Waals surface area contributed by atoms with Crippen molar-refractivity contribution in [1.82, 2.24) is 10.3 Å². The van der Waals surface area contributed by atoms with Gasteiger partial charge in [-0.05, 0) is 63.6 Å². The van der Waals surface area contributed by atoms with Crippen molar-refractivity contribution in [2.45, 2.75) is 70.4 Å². The van der Waals surface area contributed by atoms with Gasteiger partial charge in [-0.3, -0.25) is 9.78 Å². The van der Waals surface area contributed by atoms with Crippen LogP contribution in [0.1, 0.15) is 57.1 Å². The number of carbonyl (C=O) groups is 1. The number of nitrogens with one attached hydrogen (secondary N) is 1. The lowest BCUT2D eigenvalue weighted by atomic mass is 9.92. The van der Waals surface area contributed by atoms with Gasteiger partial charge < -0.3 is 15.8 Å². The van der Waals surface area contributed by atoms with E-state index in [1.54, 1.807) is 0 Å². The lowest BCUT2D eigenvalue weighted by Crippen LogP contribution is -2.41. The zero-order valence-corrected chi connectivity index (χ0v) is 17.4. The van der Waals surface area contributed by atoms with Crippen molar-refractivity contribution in [2.75, 3.05) is 5.73 Å². The second kappa shape index (κ2) is 10.2. The zero-order valence-electron chi connectivity index (χ0n) is 17.4. The summed E-state index contributed by atoms with van der Waals surface area (Å²) in [4.78, 5) is 33.1. The fraction of sp³-hybridized carbons (Fsp3) is 0.522. The lowest BCUT2D eigenvalue weighted by Gasteiger charge is -2.30. The van der Waals surface area contributed by atoms with Crippen LogP contribution in [-0.2, 0) is 14.4 Å². The van der Waals surface area contributed by atoms with Crippen LogP contribution in [-0.4, -0.2) is 29.2 Å². The van der Waals surface area contributed by atoms with Crippen molar-refractivity contribution in [1.29, 1.82) is 0 Å². The number of rotatable bonds is 4. The third-order valence-electron chi connectivity index (χ3n) is 5.99. The van der Waals surface area contributed by atoms with E-state index in [0.717, 1.165) is 60.9 Å². The average Bonchev–Trinajstić information content (AvgIpc) is 3.25. The van der Waals surface area contributed by atoms with Gasteiger partial charge in [-0.1, -0.05) is 18.9 Å². The number of fused-ring (bicyclic) bond motifs is 1. The fourth-order valence-electron chi connectivity index (χ4n) is 4.53. The molecule has 7 nitrogen and oxygen atoms in total. The Bertz CT molecular complexity index is 910. The number of nitrogens with zero attached hydrogens (tertiary/aromatic N) is 1. The van der Waals surface area contributed by atoms with E-state index in [4.69, 9.17) is 20.1 Å². The molecule has 160 valence electrons. The van der Waals surface area contributed by atoms with Gasteiger partial charge in [0.05, 0.1) is 17.0 Å². The van der Waals surface area contributed by atoms with Gasteiger partial charge in [0.15, 0.2) is 0 Å². The number of benzene rings is 1. The first-order valence-electron chi connectivity index (χ1n) is 10.6. The molecule has 3 N–H and O–H groups in total. The van der Waals surface area contributed by atoms with Crippen LogP contribution in [0.5, 0.6) is 5.75 Å². The summed E-state index contributed by atoms with van der Waals surface area (Å²) in [6, 6.07) is 8.10. The normalized spacial score (nSPS) is 21.4. The van der Waals surface area contributed by atoms with E-state index in [1.165, 1.54) is 12.8 Å². The first-order chi connectivity index (χ1) is 14.5. The largest absolute Gasteiger partial charge is 0.490 e. The lowest BCUT2D eigenvalue weighted by molar-refractivity contribution is -0.191. The highest BCUT2D eigenvalue weighted by molar-refractivity contribution is 5.95. The molecule has 30 heavy (non-hydrogen) atoms.